The molecule has 0 aromatic heterocycles. The second-order valence-corrected chi connectivity index (χ2v) is 7.27. The molecule has 0 heterocycles. The average Bonchev–Trinajstić information content (AvgIpc) is 2.44. The Kier molecular flexibility index (Phi) is 7.11. The molecule has 0 aromatic rings. The first-order valence-corrected chi connectivity index (χ1v) is 8.31. The van der Waals surface area contributed by atoms with Gasteiger partial charge in [-0.2, -0.15) is 0 Å². The summed E-state index contributed by atoms with van der Waals surface area (Å²) in [5, 5.41) is 0. The highest BCUT2D eigenvalue weighted by Gasteiger charge is 2.30. The van der Waals surface area contributed by atoms with E-state index in [9.17, 15) is 9.59 Å². The SMILES string of the molecule is CCC(C)OC(=O)/C=C/C(=O)OC1CCC(C(C)(C)C)CC1. The summed E-state index contributed by atoms with van der Waals surface area (Å²) in [4.78, 5) is 23.2. The summed E-state index contributed by atoms with van der Waals surface area (Å²) in [6, 6.07) is 0. The van der Waals surface area contributed by atoms with Crippen LogP contribution in [0.25, 0.3) is 0 Å². The zero-order valence-electron chi connectivity index (χ0n) is 14.6. The van der Waals surface area contributed by atoms with Gasteiger partial charge in [0.2, 0.25) is 0 Å². The molecule has 0 aromatic carbocycles. The van der Waals surface area contributed by atoms with Crippen molar-refractivity contribution in [3.8, 4) is 0 Å². The molecule has 1 saturated carbocycles. The predicted molar refractivity (Wildman–Crippen MR) is 86.3 cm³/mol. The number of esters is 2. The fraction of sp³-hybridized carbons (Fsp3) is 0.778. The van der Waals surface area contributed by atoms with Crippen molar-refractivity contribution >= 4 is 11.9 Å². The standard InChI is InChI=1S/C18H30O4/c1-6-13(2)21-16(19)11-12-17(20)22-15-9-7-14(8-10-15)18(3,4)5/h11-15H,6-10H2,1-5H3/b12-11+. The first kappa shape index (κ1) is 18.7. The van der Waals surface area contributed by atoms with Gasteiger partial charge in [0.1, 0.15) is 6.10 Å². The second kappa shape index (κ2) is 8.35. The van der Waals surface area contributed by atoms with E-state index < -0.39 is 11.9 Å². The van der Waals surface area contributed by atoms with Crippen LogP contribution in [0.3, 0.4) is 0 Å². The molecule has 126 valence electrons. The number of hydrogen-bond donors (Lipinski definition) is 0. The number of hydrogen-bond acceptors (Lipinski definition) is 4. The lowest BCUT2D eigenvalue weighted by Crippen LogP contribution is -2.30. The highest BCUT2D eigenvalue weighted by atomic mass is 16.5. The number of carbonyl (C=O) groups excluding carboxylic acids is 2. The first-order valence-electron chi connectivity index (χ1n) is 8.31. The van der Waals surface area contributed by atoms with Crippen LogP contribution in [-0.2, 0) is 19.1 Å². The Bertz CT molecular complexity index is 398. The summed E-state index contributed by atoms with van der Waals surface area (Å²) in [5.74, 6) is -0.272. The van der Waals surface area contributed by atoms with Crippen molar-refractivity contribution in [3.63, 3.8) is 0 Å². The molecule has 0 saturated heterocycles. The van der Waals surface area contributed by atoms with Crippen LogP contribution in [0.15, 0.2) is 12.2 Å². The second-order valence-electron chi connectivity index (χ2n) is 7.27. The quantitative estimate of drug-likeness (QED) is 0.568. The van der Waals surface area contributed by atoms with Crippen LogP contribution in [0.1, 0.15) is 66.7 Å². The molecular formula is C18H30O4. The molecule has 0 amide bonds. The van der Waals surface area contributed by atoms with Crippen LogP contribution in [0.4, 0.5) is 0 Å². The van der Waals surface area contributed by atoms with E-state index in [4.69, 9.17) is 9.47 Å². The van der Waals surface area contributed by atoms with E-state index in [1.54, 1.807) is 0 Å². The number of carbonyl (C=O) groups is 2. The molecule has 1 rings (SSSR count). The Morgan fingerprint density at radius 1 is 1.09 bits per heavy atom. The molecule has 0 N–H and O–H groups in total. The van der Waals surface area contributed by atoms with Crippen LogP contribution >= 0.6 is 0 Å². The average molecular weight is 310 g/mol. The van der Waals surface area contributed by atoms with Crippen LogP contribution in [0, 0.1) is 11.3 Å². The van der Waals surface area contributed by atoms with Crippen molar-refractivity contribution in [3.05, 3.63) is 12.2 Å². The summed E-state index contributed by atoms with van der Waals surface area (Å²) >= 11 is 0. The zero-order chi connectivity index (χ0) is 16.8. The fourth-order valence-electron chi connectivity index (χ4n) is 2.71. The minimum Gasteiger partial charge on any atom is -0.460 e. The third-order valence-corrected chi connectivity index (χ3v) is 4.43. The minimum atomic E-state index is -0.497. The van der Waals surface area contributed by atoms with Crippen molar-refractivity contribution in [1.82, 2.24) is 0 Å². The van der Waals surface area contributed by atoms with Crippen LogP contribution in [-0.4, -0.2) is 24.1 Å². The first-order chi connectivity index (χ1) is 10.2. The molecule has 4 nitrogen and oxygen atoms in total. The van der Waals surface area contributed by atoms with E-state index in [1.165, 1.54) is 6.08 Å². The van der Waals surface area contributed by atoms with Crippen molar-refractivity contribution in [2.45, 2.75) is 78.9 Å². The summed E-state index contributed by atoms with van der Waals surface area (Å²) in [7, 11) is 0. The summed E-state index contributed by atoms with van der Waals surface area (Å²) in [5.41, 5.74) is 0.314. The van der Waals surface area contributed by atoms with Crippen LogP contribution in [0.5, 0.6) is 0 Å². The molecule has 1 fully saturated rings. The van der Waals surface area contributed by atoms with Crippen LogP contribution in [0.2, 0.25) is 0 Å². The van der Waals surface area contributed by atoms with Crippen molar-refractivity contribution in [2.24, 2.45) is 11.3 Å². The predicted octanol–water partition coefficient (Wildman–Crippen LogP) is 4.03. The molecular weight excluding hydrogens is 280 g/mol. The van der Waals surface area contributed by atoms with Gasteiger partial charge in [0.15, 0.2) is 0 Å². The fourth-order valence-corrected chi connectivity index (χ4v) is 2.71. The van der Waals surface area contributed by atoms with E-state index in [0.29, 0.717) is 11.3 Å². The van der Waals surface area contributed by atoms with Crippen LogP contribution < -0.4 is 0 Å². The Hall–Kier alpha value is -1.32. The minimum absolute atomic E-state index is 0.0265. The maximum Gasteiger partial charge on any atom is 0.331 e. The molecule has 0 radical (unpaired) electrons. The van der Waals surface area contributed by atoms with Gasteiger partial charge in [-0.25, -0.2) is 9.59 Å². The van der Waals surface area contributed by atoms with E-state index in [2.05, 4.69) is 20.8 Å². The lowest BCUT2D eigenvalue weighted by atomic mass is 9.72. The van der Waals surface area contributed by atoms with Gasteiger partial charge in [0.25, 0.3) is 0 Å². The maximum atomic E-state index is 11.7. The highest BCUT2D eigenvalue weighted by molar-refractivity contribution is 5.91. The highest BCUT2D eigenvalue weighted by Crippen LogP contribution is 2.38. The Balaban J connectivity index is 2.33. The van der Waals surface area contributed by atoms with Crippen molar-refractivity contribution < 1.29 is 19.1 Å². The van der Waals surface area contributed by atoms with Gasteiger partial charge in [-0.1, -0.05) is 27.7 Å². The van der Waals surface area contributed by atoms with Gasteiger partial charge in [-0.3, -0.25) is 0 Å². The van der Waals surface area contributed by atoms with Gasteiger partial charge in [-0.05, 0) is 50.4 Å². The van der Waals surface area contributed by atoms with Gasteiger partial charge in [0, 0.05) is 12.2 Å². The van der Waals surface area contributed by atoms with Crippen molar-refractivity contribution in [1.29, 1.82) is 0 Å². The van der Waals surface area contributed by atoms with Crippen molar-refractivity contribution in [2.75, 3.05) is 0 Å². The number of rotatable bonds is 5. The molecule has 1 aliphatic carbocycles. The number of ether oxygens (including phenoxy) is 2. The normalized spacial score (nSPS) is 24.0. The van der Waals surface area contributed by atoms with E-state index in [-0.39, 0.29) is 12.2 Å². The van der Waals surface area contributed by atoms with E-state index in [0.717, 1.165) is 38.2 Å². The molecule has 0 bridgehead atoms. The Labute approximate surface area is 134 Å². The molecule has 0 aliphatic heterocycles. The summed E-state index contributed by atoms with van der Waals surface area (Å²) < 4.78 is 10.5. The maximum absolute atomic E-state index is 11.7. The third kappa shape index (κ3) is 6.63. The summed E-state index contributed by atoms with van der Waals surface area (Å²) in [6.45, 7) is 10.5. The lowest BCUT2D eigenvalue weighted by Gasteiger charge is -2.36. The lowest BCUT2D eigenvalue weighted by molar-refractivity contribution is -0.147. The molecule has 22 heavy (non-hydrogen) atoms. The molecule has 1 aliphatic rings. The topological polar surface area (TPSA) is 52.6 Å². The Morgan fingerprint density at radius 3 is 2.14 bits per heavy atom. The molecule has 4 heteroatoms. The molecule has 1 atom stereocenters. The van der Waals surface area contributed by atoms with E-state index in [1.807, 2.05) is 13.8 Å². The van der Waals surface area contributed by atoms with E-state index >= 15 is 0 Å². The van der Waals surface area contributed by atoms with Gasteiger partial charge in [-0.15, -0.1) is 0 Å². The monoisotopic (exact) mass is 310 g/mol. The van der Waals surface area contributed by atoms with Gasteiger partial charge in [0.05, 0.1) is 6.10 Å². The third-order valence-electron chi connectivity index (χ3n) is 4.43. The smallest absolute Gasteiger partial charge is 0.331 e. The Morgan fingerprint density at radius 2 is 1.64 bits per heavy atom. The molecule has 1 unspecified atom stereocenters. The largest absolute Gasteiger partial charge is 0.460 e. The molecule has 0 spiro atoms. The van der Waals surface area contributed by atoms with Gasteiger partial charge < -0.3 is 9.47 Å². The summed E-state index contributed by atoms with van der Waals surface area (Å²) in [6.07, 6.45) is 6.87. The zero-order valence-corrected chi connectivity index (χ0v) is 14.6. The van der Waals surface area contributed by atoms with Gasteiger partial charge >= 0.3 is 11.9 Å².